The Morgan fingerprint density at radius 1 is 1.39 bits per heavy atom. The van der Waals surface area contributed by atoms with Gasteiger partial charge in [0.05, 0.1) is 7.11 Å². The van der Waals surface area contributed by atoms with Gasteiger partial charge in [-0.1, -0.05) is 0 Å². The van der Waals surface area contributed by atoms with Gasteiger partial charge in [0.2, 0.25) is 11.8 Å². The Labute approximate surface area is 113 Å². The number of anilines is 1. The summed E-state index contributed by atoms with van der Waals surface area (Å²) >= 11 is 6.15. The minimum Gasteiger partial charge on any atom is -0.481 e. The molecule has 0 aromatic carbocycles. The predicted octanol–water partition coefficient (Wildman–Crippen LogP) is 2.64. The fourth-order valence-electron chi connectivity index (χ4n) is 2.33. The van der Waals surface area contributed by atoms with Crippen LogP contribution in [0.5, 0.6) is 5.88 Å². The second-order valence-electron chi connectivity index (χ2n) is 4.85. The molecule has 2 heterocycles. The fraction of sp³-hybridized carbons (Fsp3) is 0.692. The van der Waals surface area contributed by atoms with Crippen LogP contribution < -0.4 is 9.64 Å². The monoisotopic (exact) mass is 269 g/mol. The number of halogens is 1. The van der Waals surface area contributed by atoms with Crippen molar-refractivity contribution >= 4 is 17.5 Å². The first kappa shape index (κ1) is 13.4. The molecule has 0 amide bonds. The van der Waals surface area contributed by atoms with Gasteiger partial charge < -0.3 is 9.64 Å². The zero-order valence-electron chi connectivity index (χ0n) is 11.2. The van der Waals surface area contributed by atoms with Gasteiger partial charge in [-0.3, -0.25) is 0 Å². The molecule has 1 aliphatic heterocycles. The summed E-state index contributed by atoms with van der Waals surface area (Å²) in [6.45, 7) is 5.97. The van der Waals surface area contributed by atoms with Crippen molar-refractivity contribution in [3.05, 3.63) is 11.8 Å². The van der Waals surface area contributed by atoms with Crippen molar-refractivity contribution in [1.29, 1.82) is 0 Å². The van der Waals surface area contributed by atoms with E-state index in [4.69, 9.17) is 16.3 Å². The maximum atomic E-state index is 6.15. The molecule has 0 bridgehead atoms. The first-order chi connectivity index (χ1) is 8.60. The molecule has 1 unspecified atom stereocenters. The topological polar surface area (TPSA) is 38.2 Å². The van der Waals surface area contributed by atoms with Crippen LogP contribution >= 0.6 is 11.6 Å². The standard InChI is InChI=1S/C13H20ClN3O/c1-9-8-12(18-3)16-13(15-9)17-6-4-11(5-7-17)10(2)14/h8,10-11H,4-7H2,1-3H3. The molecule has 0 radical (unpaired) electrons. The Kier molecular flexibility index (Phi) is 4.27. The number of methoxy groups -OCH3 is 1. The van der Waals surface area contributed by atoms with Crippen molar-refractivity contribution in [2.75, 3.05) is 25.1 Å². The van der Waals surface area contributed by atoms with Crippen molar-refractivity contribution < 1.29 is 4.74 Å². The minimum absolute atomic E-state index is 0.250. The Bertz CT molecular complexity index is 403. The van der Waals surface area contributed by atoms with E-state index in [1.807, 2.05) is 13.0 Å². The first-order valence-corrected chi connectivity index (χ1v) is 6.82. The van der Waals surface area contributed by atoms with Gasteiger partial charge in [-0.05, 0) is 32.6 Å². The van der Waals surface area contributed by atoms with E-state index in [0.717, 1.165) is 37.6 Å². The van der Waals surface area contributed by atoms with Gasteiger partial charge in [-0.2, -0.15) is 4.98 Å². The summed E-state index contributed by atoms with van der Waals surface area (Å²) < 4.78 is 5.19. The molecule has 0 N–H and O–H groups in total. The van der Waals surface area contributed by atoms with E-state index < -0.39 is 0 Å². The summed E-state index contributed by atoms with van der Waals surface area (Å²) in [6, 6.07) is 1.84. The van der Waals surface area contributed by atoms with E-state index >= 15 is 0 Å². The maximum absolute atomic E-state index is 6.15. The van der Waals surface area contributed by atoms with E-state index in [0.29, 0.717) is 11.8 Å². The summed E-state index contributed by atoms with van der Waals surface area (Å²) in [4.78, 5) is 11.1. The third-order valence-electron chi connectivity index (χ3n) is 3.50. The predicted molar refractivity (Wildman–Crippen MR) is 73.6 cm³/mol. The van der Waals surface area contributed by atoms with Crippen LogP contribution in [0.15, 0.2) is 6.07 Å². The Morgan fingerprint density at radius 3 is 2.61 bits per heavy atom. The molecular formula is C13H20ClN3O. The van der Waals surface area contributed by atoms with Crippen LogP contribution in [0.4, 0.5) is 5.95 Å². The minimum atomic E-state index is 0.250. The lowest BCUT2D eigenvalue weighted by Crippen LogP contribution is -2.37. The van der Waals surface area contributed by atoms with E-state index in [1.165, 1.54) is 0 Å². The largest absolute Gasteiger partial charge is 0.481 e. The van der Waals surface area contributed by atoms with Crippen molar-refractivity contribution in [2.45, 2.75) is 32.1 Å². The van der Waals surface area contributed by atoms with Crippen LogP contribution in [0.2, 0.25) is 0 Å². The number of nitrogens with zero attached hydrogens (tertiary/aromatic N) is 3. The van der Waals surface area contributed by atoms with Crippen molar-refractivity contribution in [2.24, 2.45) is 5.92 Å². The van der Waals surface area contributed by atoms with Gasteiger partial charge in [0, 0.05) is 30.2 Å². The highest BCUT2D eigenvalue weighted by Crippen LogP contribution is 2.26. The molecule has 0 spiro atoms. The average molecular weight is 270 g/mol. The third kappa shape index (κ3) is 3.05. The molecule has 18 heavy (non-hydrogen) atoms. The quantitative estimate of drug-likeness (QED) is 0.791. The lowest BCUT2D eigenvalue weighted by Gasteiger charge is -2.33. The van der Waals surface area contributed by atoms with Crippen molar-refractivity contribution in [3.8, 4) is 5.88 Å². The Balaban J connectivity index is 2.07. The molecule has 0 aliphatic carbocycles. The molecule has 1 aromatic rings. The normalized spacial score (nSPS) is 18.8. The van der Waals surface area contributed by atoms with Crippen LogP contribution in [-0.4, -0.2) is 35.5 Å². The summed E-state index contributed by atoms with van der Waals surface area (Å²) in [5.74, 6) is 2.01. The van der Waals surface area contributed by atoms with E-state index in [1.54, 1.807) is 7.11 Å². The van der Waals surface area contributed by atoms with Gasteiger partial charge in [0.1, 0.15) is 0 Å². The molecule has 1 aromatic heterocycles. The van der Waals surface area contributed by atoms with Crippen LogP contribution in [-0.2, 0) is 0 Å². The molecule has 100 valence electrons. The molecule has 2 rings (SSSR count). The number of piperidine rings is 1. The molecule has 1 saturated heterocycles. The molecule has 5 heteroatoms. The van der Waals surface area contributed by atoms with Crippen LogP contribution in [0.1, 0.15) is 25.5 Å². The summed E-state index contributed by atoms with van der Waals surface area (Å²) in [5.41, 5.74) is 0.935. The Morgan fingerprint density at radius 2 is 2.06 bits per heavy atom. The fourth-order valence-corrected chi connectivity index (χ4v) is 2.58. The molecule has 1 atom stereocenters. The number of rotatable bonds is 3. The van der Waals surface area contributed by atoms with Crippen LogP contribution in [0.3, 0.4) is 0 Å². The van der Waals surface area contributed by atoms with Crippen LogP contribution in [0, 0.1) is 12.8 Å². The van der Waals surface area contributed by atoms with Crippen LogP contribution in [0.25, 0.3) is 0 Å². The van der Waals surface area contributed by atoms with E-state index in [-0.39, 0.29) is 5.38 Å². The van der Waals surface area contributed by atoms with Crippen molar-refractivity contribution in [1.82, 2.24) is 9.97 Å². The zero-order chi connectivity index (χ0) is 13.1. The smallest absolute Gasteiger partial charge is 0.228 e. The highest BCUT2D eigenvalue weighted by molar-refractivity contribution is 6.20. The summed E-state index contributed by atoms with van der Waals surface area (Å²) in [7, 11) is 1.63. The van der Waals surface area contributed by atoms with Gasteiger partial charge in [0.25, 0.3) is 0 Å². The zero-order valence-corrected chi connectivity index (χ0v) is 11.9. The number of ether oxygens (including phenoxy) is 1. The lowest BCUT2D eigenvalue weighted by atomic mass is 9.94. The number of hydrogen-bond acceptors (Lipinski definition) is 4. The number of alkyl halides is 1. The van der Waals surface area contributed by atoms with E-state index in [9.17, 15) is 0 Å². The average Bonchev–Trinajstić information content (AvgIpc) is 2.38. The SMILES string of the molecule is COc1cc(C)nc(N2CCC(C(C)Cl)CC2)n1. The highest BCUT2D eigenvalue weighted by Gasteiger charge is 2.24. The second kappa shape index (κ2) is 5.74. The van der Waals surface area contributed by atoms with Crippen molar-refractivity contribution in [3.63, 3.8) is 0 Å². The van der Waals surface area contributed by atoms with Gasteiger partial charge >= 0.3 is 0 Å². The van der Waals surface area contributed by atoms with Gasteiger partial charge in [0.15, 0.2) is 0 Å². The Hall–Kier alpha value is -1.03. The second-order valence-corrected chi connectivity index (χ2v) is 5.54. The first-order valence-electron chi connectivity index (χ1n) is 6.39. The highest BCUT2D eigenvalue weighted by atomic mass is 35.5. The molecule has 4 nitrogen and oxygen atoms in total. The van der Waals surface area contributed by atoms with E-state index in [2.05, 4.69) is 21.8 Å². The number of hydrogen-bond donors (Lipinski definition) is 0. The lowest BCUT2D eigenvalue weighted by molar-refractivity contribution is 0.385. The van der Waals surface area contributed by atoms with Gasteiger partial charge in [-0.25, -0.2) is 4.98 Å². The molecule has 0 saturated carbocycles. The molecule has 1 fully saturated rings. The number of aryl methyl sites for hydroxylation is 1. The molecule has 1 aliphatic rings. The summed E-state index contributed by atoms with van der Waals surface area (Å²) in [6.07, 6.45) is 2.20. The third-order valence-corrected chi connectivity index (χ3v) is 3.86. The maximum Gasteiger partial charge on any atom is 0.228 e. The number of aromatic nitrogens is 2. The summed E-state index contributed by atoms with van der Waals surface area (Å²) in [5, 5.41) is 0.250. The van der Waals surface area contributed by atoms with Gasteiger partial charge in [-0.15, -0.1) is 11.6 Å². The molecular weight excluding hydrogens is 250 g/mol.